The molecule has 5 fully saturated rings. The normalized spacial score (nSPS) is 37.1. The molecule has 0 heterocycles. The van der Waals surface area contributed by atoms with Crippen molar-refractivity contribution in [1.82, 2.24) is 0 Å². The molecule has 6 heteroatoms. The number of allylic oxidation sites excluding steroid dienone is 1. The Morgan fingerprint density at radius 3 is 1.89 bits per heavy atom. The Morgan fingerprint density at radius 2 is 1.30 bits per heavy atom. The van der Waals surface area contributed by atoms with Gasteiger partial charge >= 0.3 is 11.9 Å². The summed E-state index contributed by atoms with van der Waals surface area (Å²) < 4.78 is 23.1. The number of hydrogen-bond donors (Lipinski definition) is 0. The monoisotopic (exact) mass is 762 g/mol. The molecule has 0 N–H and O–H groups in total. The van der Waals surface area contributed by atoms with Crippen LogP contribution in [0.5, 0.6) is 11.5 Å². The van der Waals surface area contributed by atoms with Crippen molar-refractivity contribution in [3.05, 3.63) is 84.0 Å². The number of esters is 2. The average Bonchev–Trinajstić information content (AvgIpc) is 3.57. The van der Waals surface area contributed by atoms with Crippen LogP contribution in [0.4, 0.5) is 0 Å². The quantitative estimate of drug-likeness (QED) is 0.136. The number of methoxy groups -OCH3 is 2. The number of benzene rings is 2. The summed E-state index contributed by atoms with van der Waals surface area (Å²) in [7, 11) is 3.31. The van der Waals surface area contributed by atoms with E-state index in [0.29, 0.717) is 36.2 Å². The lowest BCUT2D eigenvalue weighted by Gasteiger charge is -2.73. The molecule has 0 radical (unpaired) electrons. The fourth-order valence-electron chi connectivity index (χ4n) is 13.9. The van der Waals surface area contributed by atoms with E-state index in [0.717, 1.165) is 61.2 Å². The minimum Gasteiger partial charge on any atom is -0.497 e. The molecule has 0 aromatic heterocycles. The summed E-state index contributed by atoms with van der Waals surface area (Å²) in [6, 6.07) is 15.4. The second kappa shape index (κ2) is 15.2. The van der Waals surface area contributed by atoms with Crippen LogP contribution in [0.1, 0.15) is 117 Å². The zero-order chi connectivity index (χ0) is 40.1. The number of rotatable bonds is 10. The van der Waals surface area contributed by atoms with Crippen LogP contribution in [0.25, 0.3) is 12.2 Å². The third kappa shape index (κ3) is 6.85. The molecule has 5 saturated carbocycles. The van der Waals surface area contributed by atoms with E-state index in [1.165, 1.54) is 31.3 Å². The highest BCUT2D eigenvalue weighted by Gasteiger charge is 2.71. The minimum atomic E-state index is -0.264. The van der Waals surface area contributed by atoms with Gasteiger partial charge in [0, 0.05) is 23.0 Å². The molecular formula is C50H66O6. The fraction of sp³-hybridized carbons (Fsp3) is 0.600. The lowest BCUT2D eigenvalue weighted by Crippen LogP contribution is -2.67. The van der Waals surface area contributed by atoms with Gasteiger partial charge in [-0.2, -0.15) is 0 Å². The predicted molar refractivity (Wildman–Crippen MR) is 224 cm³/mol. The fourth-order valence-corrected chi connectivity index (χ4v) is 13.9. The highest BCUT2D eigenvalue weighted by molar-refractivity contribution is 5.87. The van der Waals surface area contributed by atoms with E-state index in [9.17, 15) is 9.59 Å². The van der Waals surface area contributed by atoms with Crippen molar-refractivity contribution in [3.63, 3.8) is 0 Å². The average molecular weight is 763 g/mol. The molecular weight excluding hydrogens is 697 g/mol. The van der Waals surface area contributed by atoms with Crippen LogP contribution in [0.2, 0.25) is 0 Å². The van der Waals surface area contributed by atoms with E-state index < -0.39 is 0 Å². The van der Waals surface area contributed by atoms with E-state index in [4.69, 9.17) is 18.9 Å². The van der Waals surface area contributed by atoms with E-state index in [-0.39, 0.29) is 45.1 Å². The summed E-state index contributed by atoms with van der Waals surface area (Å²) in [5.74, 6) is 3.65. The third-order valence-electron chi connectivity index (χ3n) is 17.0. The highest BCUT2D eigenvalue weighted by atomic mass is 16.5. The van der Waals surface area contributed by atoms with Crippen LogP contribution >= 0.6 is 0 Å². The van der Waals surface area contributed by atoms with Gasteiger partial charge in [0.05, 0.1) is 20.8 Å². The predicted octanol–water partition coefficient (Wildman–Crippen LogP) is 11.5. The Balaban J connectivity index is 1.06. The molecule has 56 heavy (non-hydrogen) atoms. The Kier molecular flexibility index (Phi) is 10.9. The summed E-state index contributed by atoms with van der Waals surface area (Å²) in [4.78, 5) is 26.4. The first-order chi connectivity index (χ1) is 26.6. The molecule has 302 valence electrons. The van der Waals surface area contributed by atoms with Gasteiger partial charge in [-0.3, -0.25) is 0 Å². The second-order valence-electron chi connectivity index (χ2n) is 19.7. The van der Waals surface area contributed by atoms with Gasteiger partial charge in [0.1, 0.15) is 17.6 Å². The molecule has 6 nitrogen and oxygen atoms in total. The maximum atomic E-state index is 13.2. The van der Waals surface area contributed by atoms with Gasteiger partial charge in [0.2, 0.25) is 0 Å². The standard InChI is InChI=1S/C50H66O6/c1-33(2)38-24-29-50(32-55-43(51)22-14-34-10-16-36(53-8)17-11-34)31-30-48(6)39(45(38)50)20-21-41-47(5)27-26-42(46(3,4)40(47)25-28-49(41,48)7)56-44(52)23-15-35-12-18-37(54-9)19-13-35/h10-19,22-23,38-42,45H,1,20-21,24-32H2,2-9H3/t38-,39-,40+,41+,42+,45-,47+,48+,49-,50-/m1/s1. The third-order valence-corrected chi connectivity index (χ3v) is 17.0. The molecule has 0 unspecified atom stereocenters. The Morgan fingerprint density at radius 1 is 0.696 bits per heavy atom. The number of carbonyl (C=O) groups is 2. The first-order valence-corrected chi connectivity index (χ1v) is 21.3. The molecule has 0 bridgehead atoms. The highest BCUT2D eigenvalue weighted by Crippen LogP contribution is 2.77. The van der Waals surface area contributed by atoms with Gasteiger partial charge < -0.3 is 18.9 Å². The molecule has 5 aliphatic rings. The van der Waals surface area contributed by atoms with Gasteiger partial charge in [0.15, 0.2) is 0 Å². The van der Waals surface area contributed by atoms with Crippen molar-refractivity contribution in [3.8, 4) is 11.5 Å². The molecule has 0 aliphatic heterocycles. The zero-order valence-electron chi connectivity index (χ0n) is 35.3. The van der Waals surface area contributed by atoms with Gasteiger partial charge in [-0.15, -0.1) is 0 Å². The summed E-state index contributed by atoms with van der Waals surface area (Å²) in [5.41, 5.74) is 3.62. The first kappa shape index (κ1) is 40.4. The number of carbonyl (C=O) groups excluding carboxylic acids is 2. The van der Waals surface area contributed by atoms with Crippen molar-refractivity contribution < 1.29 is 28.5 Å². The first-order valence-electron chi connectivity index (χ1n) is 21.3. The zero-order valence-corrected chi connectivity index (χ0v) is 35.3. The summed E-state index contributed by atoms with van der Waals surface area (Å²) in [6.07, 6.45) is 18.0. The van der Waals surface area contributed by atoms with Crippen molar-refractivity contribution in [2.24, 2.45) is 56.7 Å². The molecule has 10 atom stereocenters. The van der Waals surface area contributed by atoms with E-state index in [2.05, 4.69) is 48.1 Å². The van der Waals surface area contributed by atoms with E-state index >= 15 is 0 Å². The van der Waals surface area contributed by atoms with Crippen LogP contribution < -0.4 is 9.47 Å². The van der Waals surface area contributed by atoms with Crippen molar-refractivity contribution in [2.45, 2.75) is 112 Å². The smallest absolute Gasteiger partial charge is 0.331 e. The van der Waals surface area contributed by atoms with Crippen molar-refractivity contribution in [1.29, 1.82) is 0 Å². The van der Waals surface area contributed by atoms with Crippen LogP contribution in [-0.4, -0.2) is 38.9 Å². The van der Waals surface area contributed by atoms with Gasteiger partial charge in [-0.25, -0.2) is 9.59 Å². The molecule has 5 aliphatic carbocycles. The SMILES string of the molecule is C=C(C)[C@H]1CC[C@]2(COC(=O)C=Cc3ccc(OC)cc3)CC[C@@]3(C)[C@H](CC[C@H]4[C@@]5(C)CC[C@H](OC(=O)C=Cc6ccc(OC)cc6)C(C)(C)[C@@H]5CC[C@]43C)[C@@H]12. The Bertz CT molecular complexity index is 1840. The maximum absolute atomic E-state index is 13.2. The second-order valence-corrected chi connectivity index (χ2v) is 19.7. The number of ether oxygens (including phenoxy) is 4. The lowest BCUT2D eigenvalue weighted by molar-refractivity contribution is -0.251. The Labute approximate surface area is 336 Å². The largest absolute Gasteiger partial charge is 0.497 e. The van der Waals surface area contributed by atoms with Gasteiger partial charge in [-0.1, -0.05) is 71.0 Å². The number of fused-ring (bicyclic) bond motifs is 7. The van der Waals surface area contributed by atoms with E-state index in [1.807, 2.05) is 60.7 Å². The molecule has 2 aromatic carbocycles. The molecule has 0 spiro atoms. The Hall–Kier alpha value is -3.80. The van der Waals surface area contributed by atoms with E-state index in [1.54, 1.807) is 26.4 Å². The molecule has 7 rings (SSSR count). The van der Waals surface area contributed by atoms with Crippen LogP contribution in [-0.2, 0) is 19.1 Å². The van der Waals surface area contributed by atoms with Crippen LogP contribution in [0.15, 0.2) is 72.8 Å². The van der Waals surface area contributed by atoms with Gasteiger partial charge in [-0.05, 0) is 165 Å². The summed E-state index contributed by atoms with van der Waals surface area (Å²) in [5, 5.41) is 0. The molecule has 0 amide bonds. The summed E-state index contributed by atoms with van der Waals surface area (Å²) >= 11 is 0. The van der Waals surface area contributed by atoms with Crippen LogP contribution in [0.3, 0.4) is 0 Å². The topological polar surface area (TPSA) is 71.1 Å². The number of hydrogen-bond acceptors (Lipinski definition) is 6. The minimum absolute atomic E-state index is 0.00649. The van der Waals surface area contributed by atoms with Crippen molar-refractivity contribution in [2.75, 3.05) is 20.8 Å². The van der Waals surface area contributed by atoms with Crippen LogP contribution in [0, 0.1) is 56.7 Å². The summed E-state index contributed by atoms with van der Waals surface area (Å²) in [6.45, 7) is 19.9. The van der Waals surface area contributed by atoms with Crippen molar-refractivity contribution >= 4 is 24.1 Å². The lowest BCUT2D eigenvalue weighted by atomic mass is 9.32. The maximum Gasteiger partial charge on any atom is 0.331 e. The molecule has 0 saturated heterocycles. The van der Waals surface area contributed by atoms with Gasteiger partial charge in [0.25, 0.3) is 0 Å². The molecule has 2 aromatic rings.